The Kier molecular flexibility index (Phi) is 5.83. The van der Waals surface area contributed by atoms with Crippen LogP contribution in [-0.4, -0.2) is 43.8 Å². The van der Waals surface area contributed by atoms with E-state index in [-0.39, 0.29) is 12.0 Å². The van der Waals surface area contributed by atoms with Gasteiger partial charge < -0.3 is 14.4 Å². The zero-order chi connectivity index (χ0) is 16.1. The quantitative estimate of drug-likeness (QED) is 0.766. The average molecular weight is 370 g/mol. The first-order chi connectivity index (χ1) is 10.6. The van der Waals surface area contributed by atoms with Crippen molar-refractivity contribution < 1.29 is 19.1 Å². The number of halogens is 1. The smallest absolute Gasteiger partial charge is 0.409 e. The molecular weight excluding hydrogens is 350 g/mol. The lowest BCUT2D eigenvalue weighted by Gasteiger charge is -2.38. The van der Waals surface area contributed by atoms with Crippen LogP contribution < -0.4 is 0 Å². The standard InChI is InChI=1S/C16H20BrNO4/c1-21-15(19)14(11-6-8-12(17)9-7-11)13-5-3-4-10-18(13)16(20)22-2/h6-9,13-14H,3-5,10H2,1-2H3/t13-,14-/m1/s1. The van der Waals surface area contributed by atoms with E-state index in [0.717, 1.165) is 29.3 Å². The summed E-state index contributed by atoms with van der Waals surface area (Å²) < 4.78 is 10.8. The number of piperidine rings is 1. The maximum Gasteiger partial charge on any atom is 0.409 e. The number of carbonyl (C=O) groups excluding carboxylic acids is 2. The first-order valence-electron chi connectivity index (χ1n) is 7.26. The highest BCUT2D eigenvalue weighted by Crippen LogP contribution is 2.32. The van der Waals surface area contributed by atoms with Gasteiger partial charge in [-0.25, -0.2) is 4.79 Å². The molecule has 1 fully saturated rings. The monoisotopic (exact) mass is 369 g/mol. The Labute approximate surface area is 138 Å². The van der Waals surface area contributed by atoms with Crippen LogP contribution in [0, 0.1) is 0 Å². The molecule has 0 aromatic heterocycles. The van der Waals surface area contributed by atoms with Crippen LogP contribution in [0.2, 0.25) is 0 Å². The summed E-state index contributed by atoms with van der Waals surface area (Å²) in [6.07, 6.45) is 2.25. The molecule has 1 saturated heterocycles. The molecule has 0 aliphatic carbocycles. The predicted molar refractivity (Wildman–Crippen MR) is 85.6 cm³/mol. The molecule has 1 aliphatic heterocycles. The van der Waals surface area contributed by atoms with Crippen molar-refractivity contribution in [1.82, 2.24) is 4.90 Å². The molecule has 120 valence electrons. The van der Waals surface area contributed by atoms with Crippen molar-refractivity contribution >= 4 is 28.0 Å². The maximum atomic E-state index is 12.3. The van der Waals surface area contributed by atoms with E-state index < -0.39 is 12.0 Å². The number of nitrogens with zero attached hydrogens (tertiary/aromatic N) is 1. The van der Waals surface area contributed by atoms with Gasteiger partial charge in [-0.05, 0) is 37.0 Å². The lowest BCUT2D eigenvalue weighted by molar-refractivity contribution is -0.144. The van der Waals surface area contributed by atoms with Crippen molar-refractivity contribution in [2.24, 2.45) is 0 Å². The van der Waals surface area contributed by atoms with Gasteiger partial charge >= 0.3 is 12.1 Å². The van der Waals surface area contributed by atoms with Crippen LogP contribution in [0.25, 0.3) is 0 Å². The SMILES string of the molecule is COC(=O)[C@H](c1ccc(Br)cc1)[C@H]1CCCCN1C(=O)OC. The number of benzene rings is 1. The second-order valence-corrected chi connectivity index (χ2v) is 6.19. The first-order valence-corrected chi connectivity index (χ1v) is 8.05. The number of hydrogen-bond acceptors (Lipinski definition) is 4. The molecule has 0 spiro atoms. The van der Waals surface area contributed by atoms with Crippen LogP contribution >= 0.6 is 15.9 Å². The largest absolute Gasteiger partial charge is 0.468 e. The lowest BCUT2D eigenvalue weighted by Crippen LogP contribution is -2.48. The van der Waals surface area contributed by atoms with Gasteiger partial charge in [0.15, 0.2) is 0 Å². The Bertz CT molecular complexity index is 531. The van der Waals surface area contributed by atoms with Crippen molar-refractivity contribution in [3.8, 4) is 0 Å². The van der Waals surface area contributed by atoms with E-state index in [1.165, 1.54) is 14.2 Å². The summed E-state index contributed by atoms with van der Waals surface area (Å²) in [6.45, 7) is 0.599. The third kappa shape index (κ3) is 3.61. The highest BCUT2D eigenvalue weighted by atomic mass is 79.9. The number of rotatable bonds is 3. The summed E-state index contributed by atoms with van der Waals surface area (Å²) in [5.74, 6) is -0.833. The number of amides is 1. The van der Waals surface area contributed by atoms with Gasteiger partial charge in [-0.2, -0.15) is 0 Å². The molecule has 2 atom stereocenters. The Morgan fingerprint density at radius 1 is 1.18 bits per heavy atom. The number of carbonyl (C=O) groups is 2. The molecule has 5 nitrogen and oxygen atoms in total. The van der Waals surface area contributed by atoms with Gasteiger partial charge in [0, 0.05) is 11.0 Å². The summed E-state index contributed by atoms with van der Waals surface area (Å²) in [6, 6.07) is 7.30. The molecule has 1 aromatic rings. The Hall–Kier alpha value is -1.56. The fourth-order valence-corrected chi connectivity index (χ4v) is 3.22. The van der Waals surface area contributed by atoms with Crippen LogP contribution in [0.15, 0.2) is 28.7 Å². The summed E-state index contributed by atoms with van der Waals surface area (Å²) in [5.41, 5.74) is 0.843. The third-order valence-electron chi connectivity index (χ3n) is 4.03. The fraction of sp³-hybridized carbons (Fsp3) is 0.500. The van der Waals surface area contributed by atoms with E-state index in [4.69, 9.17) is 9.47 Å². The number of likely N-dealkylation sites (tertiary alicyclic amines) is 1. The minimum atomic E-state index is -0.502. The van der Waals surface area contributed by atoms with Crippen LogP contribution in [0.4, 0.5) is 4.79 Å². The van der Waals surface area contributed by atoms with Crippen molar-refractivity contribution in [3.05, 3.63) is 34.3 Å². The van der Waals surface area contributed by atoms with E-state index in [2.05, 4.69) is 15.9 Å². The summed E-state index contributed by atoms with van der Waals surface area (Å²) in [5, 5.41) is 0. The predicted octanol–water partition coefficient (Wildman–Crippen LogP) is 3.33. The number of esters is 1. The summed E-state index contributed by atoms with van der Waals surface area (Å²) in [7, 11) is 2.74. The lowest BCUT2D eigenvalue weighted by atomic mass is 9.85. The maximum absolute atomic E-state index is 12.3. The van der Waals surface area contributed by atoms with Crippen molar-refractivity contribution in [2.75, 3.05) is 20.8 Å². The fourth-order valence-electron chi connectivity index (χ4n) is 2.96. The zero-order valence-electron chi connectivity index (χ0n) is 12.8. The zero-order valence-corrected chi connectivity index (χ0v) is 14.3. The third-order valence-corrected chi connectivity index (χ3v) is 4.56. The molecule has 0 N–H and O–H groups in total. The van der Waals surface area contributed by atoms with Gasteiger partial charge in [0.05, 0.1) is 20.3 Å². The van der Waals surface area contributed by atoms with Gasteiger partial charge in [-0.15, -0.1) is 0 Å². The van der Waals surface area contributed by atoms with Crippen molar-refractivity contribution in [1.29, 1.82) is 0 Å². The molecule has 6 heteroatoms. The van der Waals surface area contributed by atoms with E-state index >= 15 is 0 Å². The highest BCUT2D eigenvalue weighted by Gasteiger charge is 2.39. The van der Waals surface area contributed by atoms with Gasteiger partial charge in [-0.1, -0.05) is 28.1 Å². The molecule has 1 amide bonds. The van der Waals surface area contributed by atoms with Crippen LogP contribution in [0.5, 0.6) is 0 Å². The molecule has 1 aromatic carbocycles. The van der Waals surface area contributed by atoms with Crippen molar-refractivity contribution in [2.45, 2.75) is 31.2 Å². The van der Waals surface area contributed by atoms with Gasteiger partial charge in [0.1, 0.15) is 5.92 Å². The minimum absolute atomic E-state index is 0.241. The first kappa shape index (κ1) is 16.8. The number of hydrogen-bond donors (Lipinski definition) is 0. The number of ether oxygens (including phenoxy) is 2. The topological polar surface area (TPSA) is 55.8 Å². The Morgan fingerprint density at radius 3 is 2.45 bits per heavy atom. The molecule has 0 saturated carbocycles. The normalized spacial score (nSPS) is 19.4. The highest BCUT2D eigenvalue weighted by molar-refractivity contribution is 9.10. The molecule has 0 radical (unpaired) electrons. The molecular formula is C16H20BrNO4. The van der Waals surface area contributed by atoms with Gasteiger partial charge in [0.2, 0.25) is 0 Å². The van der Waals surface area contributed by atoms with E-state index in [0.29, 0.717) is 6.54 Å². The Morgan fingerprint density at radius 2 is 1.86 bits per heavy atom. The second-order valence-electron chi connectivity index (χ2n) is 5.28. The summed E-state index contributed by atoms with van der Waals surface area (Å²) >= 11 is 3.39. The molecule has 22 heavy (non-hydrogen) atoms. The van der Waals surface area contributed by atoms with E-state index in [9.17, 15) is 9.59 Å². The van der Waals surface area contributed by atoms with Gasteiger partial charge in [0.25, 0.3) is 0 Å². The summed E-state index contributed by atoms with van der Waals surface area (Å²) in [4.78, 5) is 26.0. The second kappa shape index (κ2) is 7.63. The molecule has 0 bridgehead atoms. The molecule has 2 rings (SSSR count). The van der Waals surface area contributed by atoms with Crippen LogP contribution in [0.3, 0.4) is 0 Å². The Balaban J connectivity index is 2.36. The average Bonchev–Trinajstić information content (AvgIpc) is 2.56. The molecule has 1 heterocycles. The molecule has 1 aliphatic rings. The minimum Gasteiger partial charge on any atom is -0.468 e. The molecule has 0 unspecified atom stereocenters. The van der Waals surface area contributed by atoms with E-state index in [1.807, 2.05) is 24.3 Å². The van der Waals surface area contributed by atoms with Crippen LogP contribution in [-0.2, 0) is 14.3 Å². The van der Waals surface area contributed by atoms with E-state index in [1.54, 1.807) is 4.90 Å². The van der Waals surface area contributed by atoms with Gasteiger partial charge in [-0.3, -0.25) is 4.79 Å². The van der Waals surface area contributed by atoms with Crippen molar-refractivity contribution in [3.63, 3.8) is 0 Å². The number of methoxy groups -OCH3 is 2. The van der Waals surface area contributed by atoms with Crippen LogP contribution in [0.1, 0.15) is 30.7 Å².